The Morgan fingerprint density at radius 2 is 1.64 bits per heavy atom. The Kier molecular flexibility index (Phi) is 9.74. The average Bonchev–Trinajstić information content (AvgIpc) is 2.21. The van der Waals surface area contributed by atoms with Gasteiger partial charge < -0.3 is 0 Å². The molecule has 0 atom stereocenters. The van der Waals surface area contributed by atoms with Gasteiger partial charge in [-0.3, -0.25) is 0 Å². The number of allylic oxidation sites excluding steroid dienone is 2. The van der Waals surface area contributed by atoms with Crippen LogP contribution in [0.15, 0.2) is 11.6 Å². The molecule has 0 aliphatic heterocycles. The highest BCUT2D eigenvalue weighted by Crippen LogP contribution is 2.09. The molecule has 0 aromatic heterocycles. The van der Waals surface area contributed by atoms with Gasteiger partial charge in [0, 0.05) is 5.57 Å². The van der Waals surface area contributed by atoms with Crippen LogP contribution in [-0.2, 0) is 0 Å². The lowest BCUT2D eigenvalue weighted by molar-refractivity contribution is 0.592. The van der Waals surface area contributed by atoms with Crippen molar-refractivity contribution in [3.63, 3.8) is 0 Å². The van der Waals surface area contributed by atoms with Crippen molar-refractivity contribution in [2.24, 2.45) is 0 Å². The summed E-state index contributed by atoms with van der Waals surface area (Å²) in [6.45, 7) is 4.12. The Labute approximate surface area is 88.8 Å². The van der Waals surface area contributed by atoms with Gasteiger partial charge in [-0.2, -0.15) is 5.26 Å². The maximum absolute atomic E-state index is 8.52. The molecule has 0 unspecified atom stereocenters. The van der Waals surface area contributed by atoms with E-state index in [1.54, 1.807) is 0 Å². The smallest absolute Gasteiger partial charge is 0.0940 e. The summed E-state index contributed by atoms with van der Waals surface area (Å²) in [7, 11) is 0. The molecule has 0 aliphatic rings. The van der Waals surface area contributed by atoms with Gasteiger partial charge in [0.05, 0.1) is 6.07 Å². The Bertz CT molecular complexity index is 186. The lowest BCUT2D eigenvalue weighted by Gasteiger charge is -1.98. The largest absolute Gasteiger partial charge is 0.193 e. The van der Waals surface area contributed by atoms with Gasteiger partial charge in [0.2, 0.25) is 0 Å². The normalized spacial score (nSPS) is 11.4. The van der Waals surface area contributed by atoms with Gasteiger partial charge in [-0.1, -0.05) is 51.5 Å². The summed E-state index contributed by atoms with van der Waals surface area (Å²) in [6, 6.07) is 2.14. The van der Waals surface area contributed by atoms with E-state index in [-0.39, 0.29) is 0 Å². The summed E-state index contributed by atoms with van der Waals surface area (Å²) in [5.74, 6) is 0. The van der Waals surface area contributed by atoms with Crippen molar-refractivity contribution in [2.45, 2.75) is 65.2 Å². The zero-order valence-corrected chi connectivity index (χ0v) is 9.68. The van der Waals surface area contributed by atoms with Crippen molar-refractivity contribution >= 4 is 0 Å². The predicted molar refractivity (Wildman–Crippen MR) is 62.0 cm³/mol. The first-order valence-corrected chi connectivity index (χ1v) is 5.88. The van der Waals surface area contributed by atoms with Crippen molar-refractivity contribution < 1.29 is 0 Å². The molecule has 0 saturated heterocycles. The van der Waals surface area contributed by atoms with Crippen LogP contribution in [0.1, 0.15) is 65.2 Å². The Morgan fingerprint density at radius 1 is 1.07 bits per heavy atom. The highest BCUT2D eigenvalue weighted by Gasteiger charge is 1.90. The molecule has 0 aromatic rings. The molecule has 0 aromatic carbocycles. The molecular formula is C13H23N. The van der Waals surface area contributed by atoms with Crippen molar-refractivity contribution in [2.75, 3.05) is 0 Å². The third-order valence-electron chi connectivity index (χ3n) is 2.43. The monoisotopic (exact) mass is 193 g/mol. The number of hydrogen-bond acceptors (Lipinski definition) is 1. The molecule has 0 saturated carbocycles. The maximum Gasteiger partial charge on any atom is 0.0940 e. The zero-order valence-electron chi connectivity index (χ0n) is 9.68. The van der Waals surface area contributed by atoms with E-state index >= 15 is 0 Å². The molecule has 0 amide bonds. The second-order valence-electron chi connectivity index (χ2n) is 3.91. The first-order valence-electron chi connectivity index (χ1n) is 5.88. The molecule has 0 heterocycles. The van der Waals surface area contributed by atoms with E-state index in [4.69, 9.17) is 5.26 Å². The molecule has 0 spiro atoms. The lowest BCUT2D eigenvalue weighted by Crippen LogP contribution is -1.79. The van der Waals surface area contributed by atoms with Crippen molar-refractivity contribution in [1.29, 1.82) is 5.26 Å². The van der Waals surface area contributed by atoms with Crippen LogP contribution in [0.2, 0.25) is 0 Å². The molecule has 80 valence electrons. The molecule has 0 bridgehead atoms. The number of rotatable bonds is 8. The zero-order chi connectivity index (χ0) is 10.6. The van der Waals surface area contributed by atoms with E-state index in [9.17, 15) is 0 Å². The summed E-state index contributed by atoms with van der Waals surface area (Å²) in [5, 5.41) is 8.52. The molecule has 0 rings (SSSR count). The van der Waals surface area contributed by atoms with Gasteiger partial charge in [0.15, 0.2) is 0 Å². The minimum atomic E-state index is 0.857. The molecule has 0 radical (unpaired) electrons. The molecule has 1 heteroatoms. The summed E-state index contributed by atoms with van der Waals surface area (Å²) in [5.41, 5.74) is 0.857. The fourth-order valence-electron chi connectivity index (χ4n) is 1.47. The quantitative estimate of drug-likeness (QED) is 0.408. The summed E-state index contributed by atoms with van der Waals surface area (Å²) in [6.07, 6.45) is 12.5. The molecular weight excluding hydrogens is 170 g/mol. The van der Waals surface area contributed by atoms with E-state index in [0.717, 1.165) is 12.0 Å². The van der Waals surface area contributed by atoms with Crippen LogP contribution < -0.4 is 0 Å². The van der Waals surface area contributed by atoms with Gasteiger partial charge in [0.25, 0.3) is 0 Å². The number of unbranched alkanes of at least 4 members (excludes halogenated alkanes) is 7. The molecule has 1 nitrogen and oxygen atoms in total. The second-order valence-corrected chi connectivity index (χ2v) is 3.91. The Hall–Kier alpha value is -0.770. The second kappa shape index (κ2) is 10.3. The van der Waals surface area contributed by atoms with E-state index in [2.05, 4.69) is 13.0 Å². The molecule has 0 aliphatic carbocycles. The number of hydrogen-bond donors (Lipinski definition) is 0. The molecule has 0 N–H and O–H groups in total. The number of nitrogens with zero attached hydrogens (tertiary/aromatic N) is 1. The maximum atomic E-state index is 8.52. The summed E-state index contributed by atoms with van der Waals surface area (Å²) in [4.78, 5) is 0. The van der Waals surface area contributed by atoms with Gasteiger partial charge in [-0.05, 0) is 19.8 Å². The summed E-state index contributed by atoms with van der Waals surface area (Å²) >= 11 is 0. The van der Waals surface area contributed by atoms with Crippen molar-refractivity contribution in [1.82, 2.24) is 0 Å². The van der Waals surface area contributed by atoms with Crippen LogP contribution >= 0.6 is 0 Å². The van der Waals surface area contributed by atoms with E-state index in [1.807, 2.05) is 13.0 Å². The highest BCUT2D eigenvalue weighted by atomic mass is 14.2. The van der Waals surface area contributed by atoms with Crippen LogP contribution in [0.4, 0.5) is 0 Å². The lowest BCUT2D eigenvalue weighted by atomic mass is 10.1. The number of nitriles is 1. The predicted octanol–water partition coefficient (Wildman–Crippen LogP) is 4.60. The Morgan fingerprint density at radius 3 is 2.21 bits per heavy atom. The minimum absolute atomic E-state index is 0.857. The molecule has 14 heavy (non-hydrogen) atoms. The van der Waals surface area contributed by atoms with Crippen LogP contribution in [0.3, 0.4) is 0 Å². The molecule has 0 fully saturated rings. The first-order chi connectivity index (χ1) is 6.81. The Balaban J connectivity index is 3.11. The van der Waals surface area contributed by atoms with Crippen LogP contribution in [0.25, 0.3) is 0 Å². The van der Waals surface area contributed by atoms with Crippen molar-refractivity contribution in [3.8, 4) is 6.07 Å². The van der Waals surface area contributed by atoms with Gasteiger partial charge in [-0.25, -0.2) is 0 Å². The average molecular weight is 193 g/mol. The van der Waals surface area contributed by atoms with Crippen LogP contribution in [-0.4, -0.2) is 0 Å². The van der Waals surface area contributed by atoms with E-state index < -0.39 is 0 Å². The van der Waals surface area contributed by atoms with Crippen LogP contribution in [0.5, 0.6) is 0 Å². The van der Waals surface area contributed by atoms with E-state index in [1.165, 1.54) is 44.9 Å². The third-order valence-corrected chi connectivity index (χ3v) is 2.43. The standard InChI is InChI=1S/C13H23N/c1-3-4-5-6-7-8-9-10-11-13(2)12-14/h11H,3-10H2,1-2H3. The van der Waals surface area contributed by atoms with Gasteiger partial charge >= 0.3 is 0 Å². The van der Waals surface area contributed by atoms with Crippen molar-refractivity contribution in [3.05, 3.63) is 11.6 Å². The summed E-state index contributed by atoms with van der Waals surface area (Å²) < 4.78 is 0. The van der Waals surface area contributed by atoms with Crippen LogP contribution in [0, 0.1) is 11.3 Å². The SMILES string of the molecule is CCCCCCCCCC=C(C)C#N. The fraction of sp³-hybridized carbons (Fsp3) is 0.769. The highest BCUT2D eigenvalue weighted by molar-refractivity contribution is 5.16. The van der Waals surface area contributed by atoms with E-state index in [0.29, 0.717) is 0 Å². The fourth-order valence-corrected chi connectivity index (χ4v) is 1.47. The topological polar surface area (TPSA) is 23.8 Å². The first kappa shape index (κ1) is 13.2. The van der Waals surface area contributed by atoms with Gasteiger partial charge in [-0.15, -0.1) is 0 Å². The third kappa shape index (κ3) is 9.32. The minimum Gasteiger partial charge on any atom is -0.193 e. The van der Waals surface area contributed by atoms with Gasteiger partial charge in [0.1, 0.15) is 0 Å².